The minimum atomic E-state index is 0.540. The predicted molar refractivity (Wildman–Crippen MR) is 138 cm³/mol. The van der Waals surface area contributed by atoms with Crippen LogP contribution in [0.1, 0.15) is 46.9 Å². The standard InChI is InChI=1S/C15H17NO.C12H16N4/c1-2-16-14-6-4-3-5-12(14)13-8-7-11(10-17)9-15(13)16;1-14-7-8-3-4-10-9(5-8)6-11(13)16-12(10)15-2/h7-10H,2-6H2,1H3;3-6,14H,7H2,1-2H3,(H3,13,15,16). The number of hydrogen-bond donors (Lipinski definition) is 3. The first-order valence-electron chi connectivity index (χ1n) is 11.7. The molecule has 6 heteroatoms. The van der Waals surface area contributed by atoms with Crippen molar-refractivity contribution >= 4 is 39.6 Å². The number of aromatic nitrogens is 2. The predicted octanol–water partition coefficient (Wildman–Crippen LogP) is 4.93. The van der Waals surface area contributed by atoms with Crippen molar-refractivity contribution in [3.63, 3.8) is 0 Å². The van der Waals surface area contributed by atoms with E-state index in [0.29, 0.717) is 5.82 Å². The number of aldehydes is 1. The van der Waals surface area contributed by atoms with Crippen LogP contribution in [0.5, 0.6) is 0 Å². The summed E-state index contributed by atoms with van der Waals surface area (Å²) in [4.78, 5) is 15.1. The number of carbonyl (C=O) groups is 1. The molecule has 2 aromatic carbocycles. The summed E-state index contributed by atoms with van der Waals surface area (Å²) in [5, 5.41) is 9.75. The van der Waals surface area contributed by atoms with Gasteiger partial charge in [0.05, 0.1) is 0 Å². The number of anilines is 2. The molecule has 0 bridgehead atoms. The van der Waals surface area contributed by atoms with Crippen LogP contribution < -0.4 is 16.4 Å². The summed E-state index contributed by atoms with van der Waals surface area (Å²) < 4.78 is 2.39. The van der Waals surface area contributed by atoms with E-state index in [-0.39, 0.29) is 0 Å². The molecule has 0 unspecified atom stereocenters. The number of nitrogens with two attached hydrogens (primary N) is 1. The van der Waals surface area contributed by atoms with E-state index in [9.17, 15) is 4.79 Å². The highest BCUT2D eigenvalue weighted by Gasteiger charge is 2.19. The maximum atomic E-state index is 10.9. The van der Waals surface area contributed by atoms with Crippen molar-refractivity contribution in [1.82, 2.24) is 14.9 Å². The second-order valence-electron chi connectivity index (χ2n) is 8.50. The summed E-state index contributed by atoms with van der Waals surface area (Å²) in [5.74, 6) is 1.37. The van der Waals surface area contributed by atoms with Gasteiger partial charge < -0.3 is 20.9 Å². The highest BCUT2D eigenvalue weighted by Crippen LogP contribution is 2.32. The molecule has 2 heterocycles. The number of pyridine rings is 1. The molecule has 1 aliphatic carbocycles. The van der Waals surface area contributed by atoms with Crippen molar-refractivity contribution < 1.29 is 4.79 Å². The highest BCUT2D eigenvalue weighted by atomic mass is 16.1. The lowest BCUT2D eigenvalue weighted by molar-refractivity contribution is 0.112. The van der Waals surface area contributed by atoms with Crippen LogP contribution in [0.4, 0.5) is 11.6 Å². The van der Waals surface area contributed by atoms with Crippen LogP contribution in [0, 0.1) is 0 Å². The third-order valence-electron chi connectivity index (χ3n) is 6.39. The summed E-state index contributed by atoms with van der Waals surface area (Å²) in [6.07, 6.45) is 5.91. The van der Waals surface area contributed by atoms with Gasteiger partial charge in [0, 0.05) is 47.7 Å². The van der Waals surface area contributed by atoms with Crippen LogP contribution >= 0.6 is 0 Å². The Kier molecular flexibility index (Phi) is 6.94. The maximum absolute atomic E-state index is 10.9. The lowest BCUT2D eigenvalue weighted by Gasteiger charge is -2.14. The fourth-order valence-corrected chi connectivity index (χ4v) is 4.92. The van der Waals surface area contributed by atoms with Crippen molar-refractivity contribution in [2.45, 2.75) is 45.7 Å². The average Bonchev–Trinajstić information content (AvgIpc) is 3.16. The molecule has 6 nitrogen and oxygen atoms in total. The molecular formula is C27H33N5O. The number of benzene rings is 2. The molecule has 0 saturated carbocycles. The largest absolute Gasteiger partial charge is 0.384 e. The lowest BCUT2D eigenvalue weighted by Crippen LogP contribution is -2.07. The van der Waals surface area contributed by atoms with Gasteiger partial charge in [-0.1, -0.05) is 24.3 Å². The quantitative estimate of drug-likeness (QED) is 0.381. The Hall–Kier alpha value is -3.38. The van der Waals surface area contributed by atoms with Gasteiger partial charge in [-0.25, -0.2) is 4.98 Å². The Balaban J connectivity index is 0.000000157. The Bertz CT molecular complexity index is 1290. The van der Waals surface area contributed by atoms with Crippen molar-refractivity contribution in [3.8, 4) is 0 Å². The fraction of sp³-hybridized carbons (Fsp3) is 0.333. The van der Waals surface area contributed by atoms with Crippen LogP contribution in [-0.4, -0.2) is 29.9 Å². The van der Waals surface area contributed by atoms with Gasteiger partial charge in [-0.3, -0.25) is 4.79 Å². The molecule has 0 atom stereocenters. The minimum absolute atomic E-state index is 0.540. The molecule has 2 aromatic heterocycles. The van der Waals surface area contributed by atoms with Gasteiger partial charge in [0.15, 0.2) is 0 Å². The van der Waals surface area contributed by atoms with E-state index < -0.39 is 0 Å². The van der Waals surface area contributed by atoms with Gasteiger partial charge in [-0.05, 0) is 74.4 Å². The molecule has 0 spiro atoms. The average molecular weight is 444 g/mol. The van der Waals surface area contributed by atoms with E-state index in [1.165, 1.54) is 53.4 Å². The fourth-order valence-electron chi connectivity index (χ4n) is 4.92. The van der Waals surface area contributed by atoms with Gasteiger partial charge in [-0.15, -0.1) is 0 Å². The molecule has 4 aromatic rings. The molecule has 5 rings (SSSR count). The van der Waals surface area contributed by atoms with E-state index in [1.54, 1.807) is 0 Å². The zero-order chi connectivity index (χ0) is 23.4. The van der Waals surface area contributed by atoms with Crippen molar-refractivity contribution in [2.24, 2.45) is 0 Å². The van der Waals surface area contributed by atoms with Crippen LogP contribution in [0.15, 0.2) is 42.5 Å². The van der Waals surface area contributed by atoms with Crippen LogP contribution in [-0.2, 0) is 25.9 Å². The van der Waals surface area contributed by atoms with E-state index in [4.69, 9.17) is 5.73 Å². The Morgan fingerprint density at radius 2 is 1.85 bits per heavy atom. The van der Waals surface area contributed by atoms with Gasteiger partial charge in [-0.2, -0.15) is 0 Å². The molecule has 1 aliphatic rings. The lowest BCUT2D eigenvalue weighted by atomic mass is 9.95. The van der Waals surface area contributed by atoms with E-state index in [0.717, 1.165) is 41.5 Å². The number of nitrogens with zero attached hydrogens (tertiary/aromatic N) is 2. The zero-order valence-electron chi connectivity index (χ0n) is 19.7. The molecule has 4 N–H and O–H groups in total. The topological polar surface area (TPSA) is 85.0 Å². The summed E-state index contributed by atoms with van der Waals surface area (Å²) in [5.41, 5.74) is 12.0. The van der Waals surface area contributed by atoms with E-state index in [1.807, 2.05) is 32.3 Å². The summed E-state index contributed by atoms with van der Waals surface area (Å²) in [6.45, 7) is 4.03. The number of aryl methyl sites for hydroxylation is 2. The molecule has 0 radical (unpaired) electrons. The Morgan fingerprint density at radius 1 is 1.06 bits per heavy atom. The van der Waals surface area contributed by atoms with Gasteiger partial charge >= 0.3 is 0 Å². The maximum Gasteiger partial charge on any atom is 0.150 e. The third-order valence-corrected chi connectivity index (χ3v) is 6.39. The van der Waals surface area contributed by atoms with Gasteiger partial charge in [0.1, 0.15) is 17.9 Å². The highest BCUT2D eigenvalue weighted by molar-refractivity contribution is 5.94. The van der Waals surface area contributed by atoms with Crippen molar-refractivity contribution in [3.05, 3.63) is 64.8 Å². The molecule has 0 fully saturated rings. The Labute approximate surface area is 195 Å². The second-order valence-corrected chi connectivity index (χ2v) is 8.50. The summed E-state index contributed by atoms with van der Waals surface area (Å²) in [7, 11) is 3.78. The van der Waals surface area contributed by atoms with Crippen LogP contribution in [0.2, 0.25) is 0 Å². The molecule has 0 aliphatic heterocycles. The second kappa shape index (κ2) is 10.0. The van der Waals surface area contributed by atoms with Gasteiger partial charge in [0.25, 0.3) is 0 Å². The SMILES string of the molecule is CCn1c2c(c3ccc(C=O)cc31)CCCC2.CNCc1ccc2c(NC)nc(N)cc2c1. The number of hydrogen-bond acceptors (Lipinski definition) is 5. The summed E-state index contributed by atoms with van der Waals surface area (Å²) >= 11 is 0. The monoisotopic (exact) mass is 443 g/mol. The molecular weight excluding hydrogens is 410 g/mol. The number of fused-ring (bicyclic) bond motifs is 4. The molecule has 172 valence electrons. The van der Waals surface area contributed by atoms with Crippen LogP contribution in [0.25, 0.3) is 21.7 Å². The summed E-state index contributed by atoms with van der Waals surface area (Å²) in [6, 6.07) is 14.3. The smallest absolute Gasteiger partial charge is 0.150 e. The normalized spacial score (nSPS) is 12.8. The molecule has 33 heavy (non-hydrogen) atoms. The number of carbonyl (C=O) groups excluding carboxylic acids is 1. The number of nitrogens with one attached hydrogen (secondary N) is 2. The third kappa shape index (κ3) is 4.57. The first-order valence-corrected chi connectivity index (χ1v) is 11.7. The number of nitrogen functional groups attached to an aromatic ring is 1. The van der Waals surface area contributed by atoms with Crippen molar-refractivity contribution in [2.75, 3.05) is 25.1 Å². The molecule has 0 saturated heterocycles. The number of rotatable bonds is 5. The first kappa shape index (κ1) is 22.8. The minimum Gasteiger partial charge on any atom is -0.384 e. The van der Waals surface area contributed by atoms with E-state index >= 15 is 0 Å². The first-order chi connectivity index (χ1) is 16.1. The Morgan fingerprint density at radius 3 is 2.58 bits per heavy atom. The van der Waals surface area contributed by atoms with Crippen LogP contribution in [0.3, 0.4) is 0 Å². The van der Waals surface area contributed by atoms with Gasteiger partial charge in [0.2, 0.25) is 0 Å². The van der Waals surface area contributed by atoms with Crippen molar-refractivity contribution in [1.29, 1.82) is 0 Å². The zero-order valence-corrected chi connectivity index (χ0v) is 19.7. The van der Waals surface area contributed by atoms with E-state index in [2.05, 4.69) is 51.4 Å². The molecule has 0 amide bonds.